The molecule has 2 N–H and O–H groups in total. The Balaban J connectivity index is 1.27. The Morgan fingerprint density at radius 1 is 1.10 bits per heavy atom. The molecule has 40 heavy (non-hydrogen) atoms. The van der Waals surface area contributed by atoms with Crippen LogP contribution < -0.4 is 5.32 Å². The SMILES string of the molecule is COC[C@]1(O)CCCC[C@H]1n1cnc(C(=O)N2CCNC[C@H]2CCN2Cc3ccccc3C2)c1-c1ccccc1. The van der Waals surface area contributed by atoms with Gasteiger partial charge in [0, 0.05) is 58.0 Å². The molecule has 8 nitrogen and oxygen atoms in total. The third-order valence-corrected chi connectivity index (χ3v) is 9.03. The van der Waals surface area contributed by atoms with E-state index in [-0.39, 0.29) is 24.6 Å². The van der Waals surface area contributed by atoms with Gasteiger partial charge in [-0.3, -0.25) is 9.69 Å². The van der Waals surface area contributed by atoms with Crippen molar-refractivity contribution in [1.29, 1.82) is 0 Å². The lowest BCUT2D eigenvalue weighted by Gasteiger charge is -2.41. The van der Waals surface area contributed by atoms with E-state index in [2.05, 4.69) is 39.0 Å². The number of rotatable bonds is 8. The molecule has 212 valence electrons. The lowest BCUT2D eigenvalue weighted by Crippen LogP contribution is -2.54. The highest BCUT2D eigenvalue weighted by Gasteiger charge is 2.42. The van der Waals surface area contributed by atoms with Gasteiger partial charge in [0.05, 0.1) is 24.7 Å². The van der Waals surface area contributed by atoms with Crippen LogP contribution in [0.4, 0.5) is 0 Å². The molecule has 2 aromatic carbocycles. The monoisotopic (exact) mass is 543 g/mol. The maximum atomic E-state index is 14.3. The van der Waals surface area contributed by atoms with Crippen LogP contribution in [0.25, 0.3) is 11.3 Å². The third kappa shape index (κ3) is 5.33. The van der Waals surface area contributed by atoms with E-state index in [1.165, 1.54) is 11.1 Å². The number of hydrogen-bond donors (Lipinski definition) is 2. The van der Waals surface area contributed by atoms with Gasteiger partial charge in [-0.15, -0.1) is 0 Å². The predicted molar refractivity (Wildman–Crippen MR) is 155 cm³/mol. The zero-order valence-electron chi connectivity index (χ0n) is 23.5. The first-order valence-electron chi connectivity index (χ1n) is 14.7. The number of carbonyl (C=O) groups excluding carboxylic acids is 1. The van der Waals surface area contributed by atoms with E-state index in [0.717, 1.165) is 69.7 Å². The van der Waals surface area contributed by atoms with Crippen LogP contribution in [0.15, 0.2) is 60.9 Å². The molecule has 3 atom stereocenters. The standard InChI is InChI=1S/C32H41N5O3/c1-40-22-32(39)15-8-7-13-28(32)37-23-34-29(30(37)24-9-3-2-4-10-24)31(38)36-18-16-33-19-27(36)14-17-35-20-25-11-5-6-12-26(25)21-35/h2-6,9-12,23,27-28,33,39H,7-8,13-22H2,1H3/t27-,28-,32-/m1/s1. The number of benzene rings is 2. The average molecular weight is 544 g/mol. The molecule has 8 heteroatoms. The maximum Gasteiger partial charge on any atom is 0.275 e. The highest BCUT2D eigenvalue weighted by molar-refractivity contribution is 5.98. The summed E-state index contributed by atoms with van der Waals surface area (Å²) in [7, 11) is 1.63. The van der Waals surface area contributed by atoms with Gasteiger partial charge in [0.1, 0.15) is 5.60 Å². The first kappa shape index (κ1) is 27.1. The molecular weight excluding hydrogens is 502 g/mol. The van der Waals surface area contributed by atoms with E-state index in [1.54, 1.807) is 13.4 Å². The van der Waals surface area contributed by atoms with E-state index in [0.29, 0.717) is 18.7 Å². The van der Waals surface area contributed by atoms with Crippen molar-refractivity contribution in [2.45, 2.75) is 62.9 Å². The summed E-state index contributed by atoms with van der Waals surface area (Å²) >= 11 is 0. The molecule has 2 fully saturated rings. The Kier molecular flexibility index (Phi) is 8.03. The van der Waals surface area contributed by atoms with Crippen molar-refractivity contribution in [2.24, 2.45) is 0 Å². The van der Waals surface area contributed by atoms with Crippen molar-refractivity contribution >= 4 is 5.91 Å². The number of aliphatic hydroxyl groups is 1. The normalized spacial score (nSPS) is 25.2. The van der Waals surface area contributed by atoms with Crippen LogP contribution in [0, 0.1) is 0 Å². The number of fused-ring (bicyclic) bond motifs is 1. The number of aromatic nitrogens is 2. The summed E-state index contributed by atoms with van der Waals surface area (Å²) in [5, 5.41) is 15.2. The topological polar surface area (TPSA) is 82.9 Å². The van der Waals surface area contributed by atoms with Gasteiger partial charge in [0.15, 0.2) is 5.69 Å². The van der Waals surface area contributed by atoms with Crippen LogP contribution >= 0.6 is 0 Å². The van der Waals surface area contributed by atoms with Gasteiger partial charge in [-0.05, 0) is 30.4 Å². The van der Waals surface area contributed by atoms with Gasteiger partial charge in [0.25, 0.3) is 5.91 Å². The van der Waals surface area contributed by atoms with Crippen LogP contribution in [0.2, 0.25) is 0 Å². The molecule has 0 radical (unpaired) electrons. The van der Waals surface area contributed by atoms with Crippen molar-refractivity contribution in [1.82, 2.24) is 24.7 Å². The number of amides is 1. The van der Waals surface area contributed by atoms with Gasteiger partial charge < -0.3 is 24.6 Å². The average Bonchev–Trinajstić information content (AvgIpc) is 3.61. The molecule has 3 aliphatic rings. The second-order valence-electron chi connectivity index (χ2n) is 11.6. The fourth-order valence-electron chi connectivity index (χ4n) is 6.97. The van der Waals surface area contributed by atoms with Crippen LogP contribution in [-0.2, 0) is 17.8 Å². The van der Waals surface area contributed by atoms with Crippen molar-refractivity contribution in [3.8, 4) is 11.3 Å². The van der Waals surface area contributed by atoms with Crippen LogP contribution in [0.3, 0.4) is 0 Å². The number of imidazole rings is 1. The van der Waals surface area contributed by atoms with Crippen LogP contribution in [0.5, 0.6) is 0 Å². The second-order valence-corrected chi connectivity index (χ2v) is 11.6. The Bertz CT molecular complexity index is 1280. The maximum absolute atomic E-state index is 14.3. The molecule has 6 rings (SSSR count). The van der Waals surface area contributed by atoms with E-state index in [9.17, 15) is 9.90 Å². The zero-order valence-corrected chi connectivity index (χ0v) is 23.5. The predicted octanol–water partition coefficient (Wildman–Crippen LogP) is 3.86. The highest BCUT2D eigenvalue weighted by atomic mass is 16.5. The minimum Gasteiger partial charge on any atom is -0.385 e. The van der Waals surface area contributed by atoms with Gasteiger partial charge >= 0.3 is 0 Å². The fraction of sp³-hybridized carbons (Fsp3) is 0.500. The van der Waals surface area contributed by atoms with Crippen molar-refractivity contribution in [3.63, 3.8) is 0 Å². The van der Waals surface area contributed by atoms with Gasteiger partial charge in [-0.25, -0.2) is 4.98 Å². The van der Waals surface area contributed by atoms with Crippen molar-refractivity contribution in [2.75, 3.05) is 39.9 Å². The number of hydrogen-bond acceptors (Lipinski definition) is 6. The van der Waals surface area contributed by atoms with E-state index >= 15 is 0 Å². The minimum atomic E-state index is -0.998. The number of methoxy groups -OCH3 is 1. The molecule has 1 amide bonds. The van der Waals surface area contributed by atoms with Gasteiger partial charge in [-0.1, -0.05) is 67.4 Å². The molecule has 0 spiro atoms. The molecule has 0 bridgehead atoms. The molecule has 1 aliphatic carbocycles. The fourth-order valence-corrected chi connectivity index (χ4v) is 6.97. The third-order valence-electron chi connectivity index (χ3n) is 9.03. The Labute approximate surface area is 237 Å². The van der Waals surface area contributed by atoms with Gasteiger partial charge in [0.2, 0.25) is 0 Å². The number of carbonyl (C=O) groups is 1. The molecular formula is C32H41N5O3. The number of ether oxygens (including phenoxy) is 1. The summed E-state index contributed by atoms with van der Waals surface area (Å²) in [6, 6.07) is 18.6. The Morgan fingerprint density at radius 2 is 1.85 bits per heavy atom. The first-order chi connectivity index (χ1) is 19.6. The first-order valence-corrected chi connectivity index (χ1v) is 14.7. The highest BCUT2D eigenvalue weighted by Crippen LogP contribution is 2.41. The smallest absolute Gasteiger partial charge is 0.275 e. The molecule has 1 aromatic heterocycles. The summed E-state index contributed by atoms with van der Waals surface area (Å²) < 4.78 is 7.52. The summed E-state index contributed by atoms with van der Waals surface area (Å²) in [4.78, 5) is 23.5. The van der Waals surface area contributed by atoms with E-state index in [1.807, 2.05) is 35.2 Å². The largest absolute Gasteiger partial charge is 0.385 e. The number of nitrogens with one attached hydrogen (secondary N) is 1. The molecule has 2 aliphatic heterocycles. The van der Waals surface area contributed by atoms with Crippen molar-refractivity contribution in [3.05, 3.63) is 77.7 Å². The van der Waals surface area contributed by atoms with Crippen molar-refractivity contribution < 1.29 is 14.6 Å². The Morgan fingerprint density at radius 3 is 2.60 bits per heavy atom. The van der Waals surface area contributed by atoms with Crippen LogP contribution in [0.1, 0.15) is 59.8 Å². The minimum absolute atomic E-state index is 0.0279. The number of piperazine rings is 1. The lowest BCUT2D eigenvalue weighted by atomic mass is 9.80. The summed E-state index contributed by atoms with van der Waals surface area (Å²) in [5.74, 6) is -0.0279. The molecule has 3 aromatic rings. The quantitative estimate of drug-likeness (QED) is 0.449. The van der Waals surface area contributed by atoms with E-state index < -0.39 is 5.60 Å². The molecule has 1 saturated heterocycles. The zero-order chi connectivity index (χ0) is 27.5. The Hall–Kier alpha value is -3.04. The molecule has 3 heterocycles. The van der Waals surface area contributed by atoms with E-state index in [4.69, 9.17) is 9.72 Å². The van der Waals surface area contributed by atoms with Crippen LogP contribution in [-0.4, -0.2) is 81.9 Å². The summed E-state index contributed by atoms with van der Waals surface area (Å²) in [6.07, 6.45) is 6.14. The summed E-state index contributed by atoms with van der Waals surface area (Å²) in [6.45, 7) is 5.35. The lowest BCUT2D eigenvalue weighted by molar-refractivity contribution is -0.0893. The summed E-state index contributed by atoms with van der Waals surface area (Å²) in [5.41, 5.74) is 4.02. The second kappa shape index (κ2) is 11.8. The van der Waals surface area contributed by atoms with Gasteiger partial charge in [-0.2, -0.15) is 0 Å². The number of nitrogens with zero attached hydrogens (tertiary/aromatic N) is 4. The molecule has 0 unspecified atom stereocenters. The molecule has 1 saturated carbocycles.